The van der Waals surface area contributed by atoms with Crippen LogP contribution in [0.5, 0.6) is 0 Å². The second-order valence-electron chi connectivity index (χ2n) is 3.94. The van der Waals surface area contributed by atoms with Gasteiger partial charge in [0.1, 0.15) is 0 Å². The molecule has 2 nitrogen and oxygen atoms in total. The van der Waals surface area contributed by atoms with Crippen molar-refractivity contribution in [2.75, 3.05) is 6.61 Å². The van der Waals surface area contributed by atoms with Crippen LogP contribution in [-0.2, 0) is 6.54 Å². The number of thiophene rings is 1. The highest BCUT2D eigenvalue weighted by Crippen LogP contribution is 2.15. The average molecular weight is 213 g/mol. The maximum Gasteiger partial charge on any atom is 0.0587 e. The zero-order chi connectivity index (χ0) is 10.6. The second-order valence-corrected chi connectivity index (χ2v) is 4.94. The summed E-state index contributed by atoms with van der Waals surface area (Å²) < 4.78 is 0. The van der Waals surface area contributed by atoms with Gasteiger partial charge < -0.3 is 10.4 Å². The number of aliphatic hydroxyl groups is 1. The minimum absolute atomic E-state index is 0.205. The van der Waals surface area contributed by atoms with Gasteiger partial charge in [-0.05, 0) is 29.9 Å². The van der Waals surface area contributed by atoms with Gasteiger partial charge in [0.05, 0.1) is 6.61 Å². The lowest BCUT2D eigenvalue weighted by Gasteiger charge is -2.19. The number of nitrogens with one attached hydrogen (secondary N) is 1. The molecule has 0 saturated heterocycles. The molecule has 3 heteroatoms. The molecule has 1 atom stereocenters. The highest BCUT2D eigenvalue weighted by atomic mass is 32.1. The fraction of sp³-hybridized carbons (Fsp3) is 0.636. The Labute approximate surface area is 90.0 Å². The molecule has 1 aromatic heterocycles. The molecule has 0 aromatic carbocycles. The third-order valence-electron chi connectivity index (χ3n) is 2.49. The predicted octanol–water partition coefficient (Wildman–Crippen LogP) is 2.16. The summed E-state index contributed by atoms with van der Waals surface area (Å²) >= 11 is 1.77. The summed E-state index contributed by atoms with van der Waals surface area (Å²) in [6.45, 7) is 7.44. The quantitative estimate of drug-likeness (QED) is 0.785. The van der Waals surface area contributed by atoms with Gasteiger partial charge in [-0.1, -0.05) is 13.8 Å². The summed E-state index contributed by atoms with van der Waals surface area (Å²) in [6, 6.07) is 2.34. The third kappa shape index (κ3) is 3.08. The van der Waals surface area contributed by atoms with Crippen LogP contribution in [0.2, 0.25) is 0 Å². The average Bonchev–Trinajstić information content (AvgIpc) is 2.52. The molecule has 0 aliphatic carbocycles. The lowest BCUT2D eigenvalue weighted by Crippen LogP contribution is -2.36. The van der Waals surface area contributed by atoms with Crippen molar-refractivity contribution in [1.82, 2.24) is 5.32 Å². The van der Waals surface area contributed by atoms with Crippen LogP contribution in [0, 0.1) is 12.8 Å². The van der Waals surface area contributed by atoms with E-state index in [4.69, 9.17) is 5.11 Å². The van der Waals surface area contributed by atoms with Crippen LogP contribution in [0.3, 0.4) is 0 Å². The van der Waals surface area contributed by atoms with Gasteiger partial charge >= 0.3 is 0 Å². The zero-order valence-electron chi connectivity index (χ0n) is 9.08. The van der Waals surface area contributed by atoms with E-state index in [1.54, 1.807) is 11.3 Å². The fourth-order valence-electron chi connectivity index (χ4n) is 1.32. The van der Waals surface area contributed by atoms with E-state index in [0.717, 1.165) is 6.54 Å². The van der Waals surface area contributed by atoms with E-state index >= 15 is 0 Å². The molecule has 0 amide bonds. The van der Waals surface area contributed by atoms with E-state index < -0.39 is 0 Å². The van der Waals surface area contributed by atoms with Gasteiger partial charge in [-0.25, -0.2) is 0 Å². The van der Waals surface area contributed by atoms with Crippen molar-refractivity contribution in [2.24, 2.45) is 5.92 Å². The van der Waals surface area contributed by atoms with E-state index in [-0.39, 0.29) is 12.6 Å². The number of aliphatic hydroxyl groups excluding tert-OH is 1. The minimum atomic E-state index is 0.205. The molecule has 80 valence electrons. The first kappa shape index (κ1) is 11.7. The second kappa shape index (κ2) is 5.49. The number of hydrogen-bond donors (Lipinski definition) is 2. The van der Waals surface area contributed by atoms with Gasteiger partial charge in [0.15, 0.2) is 0 Å². The first-order valence-electron chi connectivity index (χ1n) is 5.02. The predicted molar refractivity (Wildman–Crippen MR) is 61.6 cm³/mol. The fourth-order valence-corrected chi connectivity index (χ4v) is 2.18. The smallest absolute Gasteiger partial charge is 0.0587 e. The van der Waals surface area contributed by atoms with Crippen molar-refractivity contribution in [3.63, 3.8) is 0 Å². The van der Waals surface area contributed by atoms with E-state index in [2.05, 4.69) is 37.5 Å². The highest BCUT2D eigenvalue weighted by Gasteiger charge is 2.11. The lowest BCUT2D eigenvalue weighted by molar-refractivity contribution is 0.210. The Morgan fingerprint density at radius 1 is 1.50 bits per heavy atom. The van der Waals surface area contributed by atoms with E-state index in [0.29, 0.717) is 5.92 Å². The summed E-state index contributed by atoms with van der Waals surface area (Å²) in [6.07, 6.45) is 0. The Balaban J connectivity index is 2.43. The van der Waals surface area contributed by atoms with Gasteiger partial charge in [0.25, 0.3) is 0 Å². The third-order valence-corrected chi connectivity index (χ3v) is 3.52. The van der Waals surface area contributed by atoms with Crippen molar-refractivity contribution < 1.29 is 5.11 Å². The molecule has 0 radical (unpaired) electrons. The summed E-state index contributed by atoms with van der Waals surface area (Å²) in [5.74, 6) is 0.472. The Kier molecular flexibility index (Phi) is 4.58. The summed E-state index contributed by atoms with van der Waals surface area (Å²) in [5.41, 5.74) is 1.34. The molecule has 0 spiro atoms. The van der Waals surface area contributed by atoms with Crippen LogP contribution in [0.25, 0.3) is 0 Å². The van der Waals surface area contributed by atoms with Crippen molar-refractivity contribution in [3.05, 3.63) is 21.9 Å². The van der Waals surface area contributed by atoms with Gasteiger partial charge in [-0.15, -0.1) is 11.3 Å². The molecule has 0 aliphatic heterocycles. The van der Waals surface area contributed by atoms with Crippen LogP contribution in [0.15, 0.2) is 11.4 Å². The van der Waals surface area contributed by atoms with Crippen LogP contribution in [0.4, 0.5) is 0 Å². The van der Waals surface area contributed by atoms with Crippen molar-refractivity contribution in [3.8, 4) is 0 Å². The largest absolute Gasteiger partial charge is 0.395 e. The number of rotatable bonds is 5. The molecule has 1 heterocycles. The standard InChI is InChI=1S/C11H19NOS/c1-8(2)10(7-13)12-6-11-9(3)4-5-14-11/h4-5,8,10,12-13H,6-7H2,1-3H3. The summed E-state index contributed by atoms with van der Waals surface area (Å²) in [7, 11) is 0. The van der Waals surface area contributed by atoms with Gasteiger partial charge in [-0.2, -0.15) is 0 Å². The van der Waals surface area contributed by atoms with E-state index in [1.165, 1.54) is 10.4 Å². The van der Waals surface area contributed by atoms with Gasteiger partial charge in [0, 0.05) is 17.5 Å². The van der Waals surface area contributed by atoms with E-state index in [9.17, 15) is 0 Å². The minimum Gasteiger partial charge on any atom is -0.395 e. The van der Waals surface area contributed by atoms with Crippen LogP contribution in [-0.4, -0.2) is 17.8 Å². The van der Waals surface area contributed by atoms with Crippen LogP contribution < -0.4 is 5.32 Å². The molecule has 0 bridgehead atoms. The van der Waals surface area contributed by atoms with Gasteiger partial charge in [-0.3, -0.25) is 0 Å². The Morgan fingerprint density at radius 2 is 2.21 bits per heavy atom. The highest BCUT2D eigenvalue weighted by molar-refractivity contribution is 7.10. The lowest BCUT2D eigenvalue weighted by atomic mass is 10.1. The van der Waals surface area contributed by atoms with Crippen LogP contribution in [0.1, 0.15) is 24.3 Å². The number of hydrogen-bond acceptors (Lipinski definition) is 3. The molecule has 1 rings (SSSR count). The van der Waals surface area contributed by atoms with Gasteiger partial charge in [0.2, 0.25) is 0 Å². The molecule has 14 heavy (non-hydrogen) atoms. The molecule has 0 fully saturated rings. The SMILES string of the molecule is Cc1ccsc1CNC(CO)C(C)C. The Hall–Kier alpha value is -0.380. The molecular formula is C11H19NOS. The van der Waals surface area contributed by atoms with Crippen molar-refractivity contribution in [1.29, 1.82) is 0 Å². The molecular weight excluding hydrogens is 194 g/mol. The van der Waals surface area contributed by atoms with Crippen molar-refractivity contribution in [2.45, 2.75) is 33.4 Å². The molecule has 2 N–H and O–H groups in total. The topological polar surface area (TPSA) is 32.3 Å². The summed E-state index contributed by atoms with van der Waals surface area (Å²) in [5, 5.41) is 14.6. The normalized spacial score (nSPS) is 13.5. The Morgan fingerprint density at radius 3 is 2.64 bits per heavy atom. The molecule has 1 unspecified atom stereocenters. The van der Waals surface area contributed by atoms with Crippen LogP contribution >= 0.6 is 11.3 Å². The first-order valence-corrected chi connectivity index (χ1v) is 5.90. The molecule has 0 saturated carbocycles. The van der Waals surface area contributed by atoms with Crippen molar-refractivity contribution >= 4 is 11.3 Å². The maximum absolute atomic E-state index is 9.14. The number of aryl methyl sites for hydroxylation is 1. The zero-order valence-corrected chi connectivity index (χ0v) is 9.90. The summed E-state index contributed by atoms with van der Waals surface area (Å²) in [4.78, 5) is 1.36. The Bertz CT molecular complexity index is 270. The monoisotopic (exact) mass is 213 g/mol. The maximum atomic E-state index is 9.14. The van der Waals surface area contributed by atoms with E-state index in [1.807, 2.05) is 0 Å². The first-order chi connectivity index (χ1) is 6.65. The molecule has 1 aromatic rings. The molecule has 0 aliphatic rings.